The molecule has 0 saturated carbocycles. The molecule has 0 aromatic rings. The highest BCUT2D eigenvalue weighted by Gasteiger charge is 2.10. The van der Waals surface area contributed by atoms with Gasteiger partial charge in [-0.2, -0.15) is 14.7 Å². The van der Waals surface area contributed by atoms with Crippen LogP contribution in [0.2, 0.25) is 0 Å². The topological polar surface area (TPSA) is 69.5 Å². The molecule has 1 radical (unpaired) electrons. The highest BCUT2D eigenvalue weighted by molar-refractivity contribution is 6.02. The molecule has 9 heavy (non-hydrogen) atoms. The van der Waals surface area contributed by atoms with Crippen LogP contribution in [0.1, 0.15) is 0 Å². The summed E-state index contributed by atoms with van der Waals surface area (Å²) in [6, 6.07) is -0.896. The molecule has 5 heteroatoms. The molecule has 4 nitrogen and oxygen atoms in total. The number of amidine groups is 1. The second-order valence-electron chi connectivity index (χ2n) is 1.40. The second-order valence-corrected chi connectivity index (χ2v) is 1.40. The molecule has 0 unspecified atom stereocenters. The lowest BCUT2D eigenvalue weighted by Gasteiger charge is -1.99. The summed E-state index contributed by atoms with van der Waals surface area (Å²) in [5.74, 6) is -1.04. The average molecular weight is 128 g/mol. The number of carbonyl (C=O) groups is 1. The Labute approximate surface area is 50.3 Å². The fourth-order valence-electron chi connectivity index (χ4n) is 0.413. The van der Waals surface area contributed by atoms with Crippen molar-refractivity contribution in [1.82, 2.24) is 5.32 Å². The number of nitrogens with two attached hydrogens (primary N) is 1. The van der Waals surface area contributed by atoms with Crippen LogP contribution in [0.15, 0.2) is 17.0 Å². The number of amides is 2. The molecule has 47 valence electrons. The van der Waals surface area contributed by atoms with Crippen LogP contribution in [-0.4, -0.2) is 11.9 Å². The zero-order valence-corrected chi connectivity index (χ0v) is 4.34. The van der Waals surface area contributed by atoms with Crippen LogP contribution < -0.4 is 11.1 Å². The fourth-order valence-corrected chi connectivity index (χ4v) is 0.413. The highest BCUT2D eigenvalue weighted by Crippen LogP contribution is 1.98. The van der Waals surface area contributed by atoms with E-state index in [0.717, 1.165) is 6.08 Å². The van der Waals surface area contributed by atoms with E-state index in [2.05, 4.69) is 10.3 Å². The van der Waals surface area contributed by atoms with Crippen LogP contribution in [0.25, 0.3) is 0 Å². The fraction of sp³-hybridized carbons (Fsp3) is 0. The van der Waals surface area contributed by atoms with Gasteiger partial charge in [-0.15, -0.1) is 0 Å². The first-order valence-electron chi connectivity index (χ1n) is 2.15. The highest BCUT2D eigenvalue weighted by atomic mass is 19.1. The number of rotatable bonds is 0. The van der Waals surface area contributed by atoms with Crippen molar-refractivity contribution < 1.29 is 9.18 Å². The van der Waals surface area contributed by atoms with Crippen molar-refractivity contribution in [1.29, 1.82) is 0 Å². The summed E-state index contributed by atoms with van der Waals surface area (Å²) < 4.78 is 12.0. The molecule has 0 saturated heterocycles. The van der Waals surface area contributed by atoms with E-state index in [4.69, 9.17) is 5.73 Å². The van der Waals surface area contributed by atoms with Gasteiger partial charge in [0.1, 0.15) is 5.84 Å². The van der Waals surface area contributed by atoms with Gasteiger partial charge in [0.05, 0.1) is 0 Å². The summed E-state index contributed by atoms with van der Waals surface area (Å²) in [6.07, 6.45) is 0.876. The Hall–Kier alpha value is -1.39. The quantitative estimate of drug-likeness (QED) is 0.462. The third-order valence-electron chi connectivity index (χ3n) is 0.694. The van der Waals surface area contributed by atoms with Gasteiger partial charge >= 0.3 is 6.03 Å². The van der Waals surface area contributed by atoms with Gasteiger partial charge in [0.2, 0.25) is 5.95 Å². The summed E-state index contributed by atoms with van der Waals surface area (Å²) in [6.45, 7) is 0. The Morgan fingerprint density at radius 2 is 2.33 bits per heavy atom. The van der Waals surface area contributed by atoms with Crippen LogP contribution in [0.3, 0.4) is 0 Å². The molecular weight excluding hydrogens is 125 g/mol. The molecule has 0 bridgehead atoms. The van der Waals surface area contributed by atoms with E-state index in [9.17, 15) is 9.18 Å². The smallest absolute Gasteiger partial charge is 0.371 e. The van der Waals surface area contributed by atoms with Gasteiger partial charge in [0, 0.05) is 6.08 Å². The molecule has 2 amide bonds. The van der Waals surface area contributed by atoms with E-state index in [1.165, 1.54) is 0 Å². The number of aliphatic imine (C=N–C) groups is 1. The SMILES string of the molecule is NC1=NC(=O)[N]C(F)=C1. The van der Waals surface area contributed by atoms with Crippen LogP contribution in [0.4, 0.5) is 9.18 Å². The third-order valence-corrected chi connectivity index (χ3v) is 0.694. The Morgan fingerprint density at radius 1 is 1.67 bits per heavy atom. The number of halogens is 1. The van der Waals surface area contributed by atoms with Crippen LogP contribution >= 0.6 is 0 Å². The van der Waals surface area contributed by atoms with E-state index in [1.54, 1.807) is 0 Å². The molecule has 0 spiro atoms. The lowest BCUT2D eigenvalue weighted by molar-refractivity contribution is 0.248. The average Bonchev–Trinajstić information content (AvgIpc) is 1.59. The first-order chi connectivity index (χ1) is 4.18. The first kappa shape index (κ1) is 5.74. The van der Waals surface area contributed by atoms with E-state index >= 15 is 0 Å². The van der Waals surface area contributed by atoms with Gasteiger partial charge in [0.25, 0.3) is 0 Å². The maximum Gasteiger partial charge on any atom is 0.371 e. The van der Waals surface area contributed by atoms with Crippen molar-refractivity contribution in [2.24, 2.45) is 10.7 Å². The molecule has 1 heterocycles. The molecule has 2 N–H and O–H groups in total. The predicted octanol–water partition coefficient (Wildman–Crippen LogP) is -0.107. The monoisotopic (exact) mass is 128 g/mol. The van der Waals surface area contributed by atoms with Crippen LogP contribution in [0, 0.1) is 0 Å². The normalized spacial score (nSPS) is 18.1. The van der Waals surface area contributed by atoms with Gasteiger partial charge in [-0.3, -0.25) is 0 Å². The van der Waals surface area contributed by atoms with Gasteiger partial charge in [0.15, 0.2) is 0 Å². The van der Waals surface area contributed by atoms with Crippen LogP contribution in [-0.2, 0) is 0 Å². The van der Waals surface area contributed by atoms with Crippen molar-refractivity contribution in [2.45, 2.75) is 0 Å². The van der Waals surface area contributed by atoms with Crippen molar-refractivity contribution in [3.63, 3.8) is 0 Å². The number of hydrogen-bond donors (Lipinski definition) is 1. The van der Waals surface area contributed by atoms with Crippen molar-refractivity contribution in [3.05, 3.63) is 12.0 Å². The molecule has 0 aromatic heterocycles. The van der Waals surface area contributed by atoms with E-state index in [1.807, 2.05) is 0 Å². The molecule has 0 fully saturated rings. The first-order valence-corrected chi connectivity index (χ1v) is 2.15. The van der Waals surface area contributed by atoms with E-state index in [0.29, 0.717) is 0 Å². The van der Waals surface area contributed by atoms with Gasteiger partial charge in [-0.1, -0.05) is 0 Å². The Kier molecular flexibility index (Phi) is 1.18. The zero-order valence-electron chi connectivity index (χ0n) is 4.34. The van der Waals surface area contributed by atoms with Crippen molar-refractivity contribution in [3.8, 4) is 0 Å². The largest absolute Gasteiger partial charge is 0.383 e. The van der Waals surface area contributed by atoms with Gasteiger partial charge < -0.3 is 5.73 Å². The lowest BCUT2D eigenvalue weighted by atomic mass is 10.5. The second kappa shape index (κ2) is 1.85. The van der Waals surface area contributed by atoms with Crippen LogP contribution in [0.5, 0.6) is 0 Å². The molecular formula is C4H3FN3O. The molecule has 1 rings (SSSR count). The van der Waals surface area contributed by atoms with E-state index < -0.39 is 12.0 Å². The molecule has 1 aliphatic rings. The summed E-state index contributed by atoms with van der Waals surface area (Å²) in [5.41, 5.74) is 4.97. The van der Waals surface area contributed by atoms with Crippen molar-refractivity contribution >= 4 is 11.9 Å². The summed E-state index contributed by atoms with van der Waals surface area (Å²) >= 11 is 0. The maximum absolute atomic E-state index is 12.0. The van der Waals surface area contributed by atoms with Gasteiger partial charge in [-0.05, 0) is 0 Å². The third kappa shape index (κ3) is 1.25. The minimum atomic E-state index is -0.896. The predicted molar refractivity (Wildman–Crippen MR) is 28.3 cm³/mol. The molecule has 0 aliphatic carbocycles. The number of carbonyl (C=O) groups excluding carboxylic acids is 1. The minimum Gasteiger partial charge on any atom is -0.383 e. The Balaban J connectivity index is 2.86. The lowest BCUT2D eigenvalue weighted by Crippen LogP contribution is -2.21. The van der Waals surface area contributed by atoms with E-state index in [-0.39, 0.29) is 5.84 Å². The molecule has 1 aliphatic heterocycles. The molecule has 0 aromatic carbocycles. The number of nitrogens with zero attached hydrogens (tertiary/aromatic N) is 2. The summed E-state index contributed by atoms with van der Waals surface area (Å²) in [7, 11) is 0. The summed E-state index contributed by atoms with van der Waals surface area (Å²) in [4.78, 5) is 13.3. The standard InChI is InChI=1S/C4H3FN3O/c5-2-1-3(6)8-4(9)7-2/h1H,(H2,6,8,9). The number of hydrogen-bond acceptors (Lipinski definition) is 2. The summed E-state index contributed by atoms with van der Waals surface area (Å²) in [5, 5.41) is 2.82. The van der Waals surface area contributed by atoms with Gasteiger partial charge in [-0.25, -0.2) is 4.79 Å². The van der Waals surface area contributed by atoms with Crippen molar-refractivity contribution in [2.75, 3.05) is 0 Å². The maximum atomic E-state index is 12.0. The Bertz CT molecular complexity index is 208. The zero-order chi connectivity index (χ0) is 6.85. The Morgan fingerprint density at radius 3 is 2.78 bits per heavy atom. The molecule has 0 atom stereocenters. The number of urea groups is 1. The minimum absolute atomic E-state index is 0.146.